The number of hydrogen-bond acceptors (Lipinski definition) is 7. The van der Waals surface area contributed by atoms with Crippen LogP contribution in [0.2, 0.25) is 0 Å². The highest BCUT2D eigenvalue weighted by atomic mass is 16.6. The van der Waals surface area contributed by atoms with Gasteiger partial charge in [0.1, 0.15) is 11.4 Å². The summed E-state index contributed by atoms with van der Waals surface area (Å²) in [6.07, 6.45) is 3.25. The second-order valence-corrected chi connectivity index (χ2v) is 7.76. The van der Waals surface area contributed by atoms with Crippen LogP contribution in [-0.2, 0) is 0 Å². The fraction of sp³-hybridized carbons (Fsp3) is 0. The predicted molar refractivity (Wildman–Crippen MR) is 133 cm³/mol. The lowest BCUT2D eigenvalue weighted by Gasteiger charge is -2.10. The third-order valence-corrected chi connectivity index (χ3v) is 5.47. The molecule has 0 radical (unpaired) electrons. The van der Waals surface area contributed by atoms with E-state index in [9.17, 15) is 20.0 Å². The number of nitro benzene ring substituents is 1. The fourth-order valence-electron chi connectivity index (χ4n) is 3.79. The largest absolute Gasteiger partial charge is 0.507 e. The summed E-state index contributed by atoms with van der Waals surface area (Å²) in [5.74, 6) is -0.307. The molecule has 2 aromatic heterocycles. The van der Waals surface area contributed by atoms with Gasteiger partial charge in [0, 0.05) is 40.7 Å². The highest BCUT2D eigenvalue weighted by Gasteiger charge is 2.23. The van der Waals surface area contributed by atoms with Gasteiger partial charge < -0.3 is 9.52 Å². The standard InChI is InChI=1S/C27H18N4O5/c32-23-15-19(31(34)35)12-13-21(23)20-10-4-5-11-22(20)25-24(18-9-6-14-28-16-18)29-27(36-25)30-26(33)17-7-2-1-3-8-17/h1-16,32H,(H,29,30,33). The minimum atomic E-state index is -0.575. The molecule has 0 bridgehead atoms. The molecule has 9 heteroatoms. The first-order valence-electron chi connectivity index (χ1n) is 10.9. The van der Waals surface area contributed by atoms with Gasteiger partial charge in [-0.15, -0.1) is 0 Å². The van der Waals surface area contributed by atoms with Crippen molar-refractivity contribution in [1.82, 2.24) is 9.97 Å². The van der Waals surface area contributed by atoms with Crippen LogP contribution >= 0.6 is 0 Å². The summed E-state index contributed by atoms with van der Waals surface area (Å²) >= 11 is 0. The number of nitrogens with one attached hydrogen (secondary N) is 1. The minimum Gasteiger partial charge on any atom is -0.507 e. The maximum absolute atomic E-state index is 12.7. The number of phenolic OH excluding ortho intramolecular Hbond substituents is 1. The van der Waals surface area contributed by atoms with Gasteiger partial charge in [0.05, 0.1) is 11.0 Å². The molecule has 0 fully saturated rings. The molecular formula is C27H18N4O5. The Morgan fingerprint density at radius 1 is 0.917 bits per heavy atom. The Kier molecular flexibility index (Phi) is 5.94. The normalized spacial score (nSPS) is 10.7. The zero-order valence-corrected chi connectivity index (χ0v) is 18.7. The Labute approximate surface area is 204 Å². The number of non-ortho nitro benzene ring substituents is 1. The first-order chi connectivity index (χ1) is 17.5. The minimum absolute atomic E-state index is 0.0135. The fourth-order valence-corrected chi connectivity index (χ4v) is 3.79. The molecule has 0 unspecified atom stereocenters. The van der Waals surface area contributed by atoms with E-state index in [1.165, 1.54) is 12.1 Å². The van der Waals surface area contributed by atoms with Crippen LogP contribution in [0.1, 0.15) is 10.4 Å². The maximum atomic E-state index is 12.7. The van der Waals surface area contributed by atoms with E-state index >= 15 is 0 Å². The number of pyridine rings is 1. The van der Waals surface area contributed by atoms with Gasteiger partial charge in [-0.1, -0.05) is 42.5 Å². The number of aromatic nitrogens is 2. The first-order valence-corrected chi connectivity index (χ1v) is 10.9. The number of carbonyl (C=O) groups is 1. The van der Waals surface area contributed by atoms with Crippen molar-refractivity contribution >= 4 is 17.6 Å². The van der Waals surface area contributed by atoms with Crippen LogP contribution in [0.4, 0.5) is 11.7 Å². The maximum Gasteiger partial charge on any atom is 0.302 e. The van der Waals surface area contributed by atoms with E-state index in [0.29, 0.717) is 39.3 Å². The molecule has 0 saturated carbocycles. The van der Waals surface area contributed by atoms with Crippen molar-refractivity contribution < 1.29 is 19.2 Å². The first kappa shape index (κ1) is 22.5. The highest BCUT2D eigenvalue weighted by molar-refractivity contribution is 6.03. The van der Waals surface area contributed by atoms with Crippen LogP contribution in [0.25, 0.3) is 33.7 Å². The van der Waals surface area contributed by atoms with E-state index < -0.39 is 4.92 Å². The van der Waals surface area contributed by atoms with Gasteiger partial charge in [-0.25, -0.2) is 0 Å². The molecule has 176 valence electrons. The van der Waals surface area contributed by atoms with Gasteiger partial charge >= 0.3 is 6.01 Å². The molecular weight excluding hydrogens is 460 g/mol. The van der Waals surface area contributed by atoms with Crippen LogP contribution in [-0.4, -0.2) is 25.9 Å². The van der Waals surface area contributed by atoms with Crippen LogP contribution in [0.15, 0.2) is 102 Å². The number of benzene rings is 3. The van der Waals surface area contributed by atoms with Crippen LogP contribution in [0, 0.1) is 10.1 Å². The number of phenols is 1. The van der Waals surface area contributed by atoms with Crippen molar-refractivity contribution in [3.63, 3.8) is 0 Å². The summed E-state index contributed by atoms with van der Waals surface area (Å²) in [7, 11) is 0. The number of amides is 1. The summed E-state index contributed by atoms with van der Waals surface area (Å²) in [6.45, 7) is 0. The quantitative estimate of drug-likeness (QED) is 0.228. The molecule has 36 heavy (non-hydrogen) atoms. The molecule has 2 heterocycles. The van der Waals surface area contributed by atoms with Crippen LogP contribution < -0.4 is 5.32 Å². The molecule has 5 rings (SSSR count). The lowest BCUT2D eigenvalue weighted by molar-refractivity contribution is -0.384. The second kappa shape index (κ2) is 9.51. The average Bonchev–Trinajstić information content (AvgIpc) is 3.33. The number of hydrogen-bond donors (Lipinski definition) is 2. The number of aromatic hydroxyl groups is 1. The van der Waals surface area contributed by atoms with Gasteiger partial charge in [0.2, 0.25) is 0 Å². The third kappa shape index (κ3) is 4.40. The monoisotopic (exact) mass is 478 g/mol. The zero-order chi connectivity index (χ0) is 25.1. The molecule has 0 aliphatic carbocycles. The zero-order valence-electron chi connectivity index (χ0n) is 18.7. The molecule has 5 aromatic rings. The summed E-state index contributed by atoms with van der Waals surface area (Å²) < 4.78 is 6.05. The summed E-state index contributed by atoms with van der Waals surface area (Å²) in [5, 5.41) is 24.4. The molecule has 9 nitrogen and oxygen atoms in total. The Morgan fingerprint density at radius 2 is 1.67 bits per heavy atom. The number of anilines is 1. The number of oxazole rings is 1. The van der Waals surface area contributed by atoms with Gasteiger partial charge in [-0.05, 0) is 35.9 Å². The Morgan fingerprint density at radius 3 is 2.36 bits per heavy atom. The van der Waals surface area contributed by atoms with E-state index in [-0.39, 0.29) is 23.4 Å². The summed E-state index contributed by atoms with van der Waals surface area (Å²) in [4.78, 5) is 31.9. The van der Waals surface area contributed by atoms with Crippen molar-refractivity contribution in [1.29, 1.82) is 0 Å². The number of nitro groups is 1. The van der Waals surface area contributed by atoms with Gasteiger partial charge in [-0.3, -0.25) is 25.2 Å². The molecule has 0 spiro atoms. The summed E-state index contributed by atoms with van der Waals surface area (Å²) in [6, 6.07) is 23.2. The van der Waals surface area contributed by atoms with E-state index in [1.54, 1.807) is 67.0 Å². The Bertz CT molecular complexity index is 1570. The Balaban J connectivity index is 1.63. The van der Waals surface area contributed by atoms with Crippen molar-refractivity contribution in [2.75, 3.05) is 5.32 Å². The van der Waals surface area contributed by atoms with Crippen molar-refractivity contribution in [2.45, 2.75) is 0 Å². The van der Waals surface area contributed by atoms with E-state index in [0.717, 1.165) is 6.07 Å². The van der Waals surface area contributed by atoms with E-state index in [2.05, 4.69) is 15.3 Å². The van der Waals surface area contributed by atoms with Crippen LogP contribution in [0.5, 0.6) is 5.75 Å². The average molecular weight is 478 g/mol. The molecule has 1 amide bonds. The van der Waals surface area contributed by atoms with E-state index in [4.69, 9.17) is 4.42 Å². The Hall–Kier alpha value is -5.31. The highest BCUT2D eigenvalue weighted by Crippen LogP contribution is 2.42. The van der Waals surface area contributed by atoms with E-state index in [1.807, 2.05) is 12.1 Å². The lowest BCUT2D eigenvalue weighted by atomic mass is 9.95. The van der Waals surface area contributed by atoms with Crippen molar-refractivity contribution in [3.8, 4) is 39.5 Å². The molecule has 2 N–H and O–H groups in total. The molecule has 3 aromatic carbocycles. The van der Waals surface area contributed by atoms with Gasteiger partial charge in [-0.2, -0.15) is 4.98 Å². The molecule has 0 aliphatic rings. The topological polar surface area (TPSA) is 131 Å². The molecule has 0 atom stereocenters. The number of carbonyl (C=O) groups excluding carboxylic acids is 1. The predicted octanol–water partition coefficient (Wildman–Crippen LogP) is 5.94. The molecule has 0 saturated heterocycles. The summed E-state index contributed by atoms with van der Waals surface area (Å²) in [5.41, 5.74) is 2.80. The van der Waals surface area contributed by atoms with Crippen molar-refractivity contribution in [3.05, 3.63) is 113 Å². The lowest BCUT2D eigenvalue weighted by Crippen LogP contribution is -2.11. The SMILES string of the molecule is O=C(Nc1nc(-c2cccnc2)c(-c2ccccc2-c2ccc([N+](=O)[O-])cc2O)o1)c1ccccc1. The number of rotatable bonds is 6. The van der Waals surface area contributed by atoms with Gasteiger partial charge in [0.15, 0.2) is 5.76 Å². The van der Waals surface area contributed by atoms with Crippen LogP contribution in [0.3, 0.4) is 0 Å². The second-order valence-electron chi connectivity index (χ2n) is 7.76. The smallest absolute Gasteiger partial charge is 0.302 e. The third-order valence-electron chi connectivity index (χ3n) is 5.47. The van der Waals surface area contributed by atoms with Crippen molar-refractivity contribution in [2.24, 2.45) is 0 Å². The van der Waals surface area contributed by atoms with Gasteiger partial charge in [0.25, 0.3) is 11.6 Å². The number of nitrogens with zero attached hydrogens (tertiary/aromatic N) is 3. The molecule has 0 aliphatic heterocycles.